The molecule has 1 amide bonds. The number of rotatable bonds is 6. The fourth-order valence-corrected chi connectivity index (χ4v) is 4.00. The van der Waals surface area contributed by atoms with Crippen LogP contribution < -0.4 is 9.47 Å². The minimum absolute atomic E-state index is 0.0951. The quantitative estimate of drug-likeness (QED) is 0.438. The summed E-state index contributed by atoms with van der Waals surface area (Å²) >= 11 is 0. The Balaban J connectivity index is 1.76. The van der Waals surface area contributed by atoms with Crippen LogP contribution in [0, 0.1) is 0 Å². The number of fused-ring (bicyclic) bond motifs is 1. The van der Waals surface area contributed by atoms with Crippen molar-refractivity contribution in [1.29, 1.82) is 0 Å². The summed E-state index contributed by atoms with van der Waals surface area (Å²) < 4.78 is 11.1. The van der Waals surface area contributed by atoms with E-state index >= 15 is 0 Å². The second-order valence-corrected chi connectivity index (χ2v) is 7.92. The number of hydrogen-bond acceptors (Lipinski definition) is 6. The van der Waals surface area contributed by atoms with Crippen molar-refractivity contribution in [2.75, 3.05) is 40.4 Å². The van der Waals surface area contributed by atoms with Gasteiger partial charge in [0.2, 0.25) is 0 Å². The van der Waals surface area contributed by atoms with Gasteiger partial charge >= 0.3 is 0 Å². The fraction of sp³-hybridized carbons (Fsp3) is 0.333. The van der Waals surface area contributed by atoms with E-state index in [2.05, 4.69) is 0 Å². The number of benzene rings is 2. The first kappa shape index (κ1) is 20.9. The normalized spacial score (nSPS) is 19.8. The molecule has 7 nitrogen and oxygen atoms in total. The van der Waals surface area contributed by atoms with E-state index in [1.165, 1.54) is 0 Å². The zero-order valence-corrected chi connectivity index (χ0v) is 17.7. The molecule has 7 heteroatoms. The van der Waals surface area contributed by atoms with Crippen molar-refractivity contribution < 1.29 is 24.2 Å². The topological polar surface area (TPSA) is 79.3 Å². The standard InChI is InChI=1S/C24H26N2O5/c1-25(2)11-6-12-26-21(16-7-4-3-5-8-16)20(23(28)24(26)29)22(27)17-9-10-18-19(15-17)31-14-13-30-18/h3-5,7-10,15,21,27H,6,11-14H2,1-2H3/b22-20-. The van der Waals surface area contributed by atoms with Gasteiger partial charge in [-0.15, -0.1) is 0 Å². The number of aliphatic hydroxyl groups excluding tert-OH is 1. The number of likely N-dealkylation sites (tertiary alicyclic amines) is 1. The average Bonchev–Trinajstić information content (AvgIpc) is 3.03. The summed E-state index contributed by atoms with van der Waals surface area (Å²) in [5, 5.41) is 11.1. The maximum Gasteiger partial charge on any atom is 0.295 e. The van der Waals surface area contributed by atoms with E-state index in [0.717, 1.165) is 12.1 Å². The van der Waals surface area contributed by atoms with Crippen LogP contribution in [0.25, 0.3) is 5.76 Å². The number of ketones is 1. The zero-order valence-electron chi connectivity index (χ0n) is 17.7. The van der Waals surface area contributed by atoms with Crippen molar-refractivity contribution in [3.63, 3.8) is 0 Å². The Morgan fingerprint density at radius 3 is 2.48 bits per heavy atom. The molecule has 31 heavy (non-hydrogen) atoms. The van der Waals surface area contributed by atoms with E-state index in [4.69, 9.17) is 9.47 Å². The van der Waals surface area contributed by atoms with Crippen molar-refractivity contribution >= 4 is 17.4 Å². The second-order valence-electron chi connectivity index (χ2n) is 7.92. The number of carbonyl (C=O) groups is 2. The number of amides is 1. The predicted octanol–water partition coefficient (Wildman–Crippen LogP) is 2.83. The minimum Gasteiger partial charge on any atom is -0.507 e. The monoisotopic (exact) mass is 422 g/mol. The highest BCUT2D eigenvalue weighted by Gasteiger charge is 2.45. The molecule has 0 saturated carbocycles. The van der Waals surface area contributed by atoms with Crippen LogP contribution in [0.5, 0.6) is 11.5 Å². The summed E-state index contributed by atoms with van der Waals surface area (Å²) in [4.78, 5) is 29.5. The third-order valence-electron chi connectivity index (χ3n) is 5.48. The van der Waals surface area contributed by atoms with Crippen molar-refractivity contribution in [3.05, 3.63) is 65.2 Å². The Morgan fingerprint density at radius 2 is 1.77 bits per heavy atom. The lowest BCUT2D eigenvalue weighted by Crippen LogP contribution is -2.32. The first-order chi connectivity index (χ1) is 15.0. The number of Topliss-reactive ketones (excluding diaryl/α,β-unsaturated/α-hetero) is 1. The largest absolute Gasteiger partial charge is 0.507 e. The molecule has 0 aliphatic carbocycles. The Bertz CT molecular complexity index is 1020. The second kappa shape index (κ2) is 8.81. The zero-order chi connectivity index (χ0) is 22.0. The van der Waals surface area contributed by atoms with Gasteiger partial charge in [-0.1, -0.05) is 30.3 Å². The molecule has 0 radical (unpaired) electrons. The molecule has 2 heterocycles. The molecule has 2 aliphatic rings. The van der Waals surface area contributed by atoms with Crippen molar-refractivity contribution in [3.8, 4) is 11.5 Å². The van der Waals surface area contributed by atoms with Gasteiger partial charge < -0.3 is 24.4 Å². The summed E-state index contributed by atoms with van der Waals surface area (Å²) in [6.07, 6.45) is 0.716. The van der Waals surface area contributed by atoms with Gasteiger partial charge in [0.15, 0.2) is 11.5 Å². The third kappa shape index (κ3) is 4.14. The van der Waals surface area contributed by atoms with E-state index in [-0.39, 0.29) is 11.3 Å². The van der Waals surface area contributed by atoms with Gasteiger partial charge in [-0.05, 0) is 50.8 Å². The summed E-state index contributed by atoms with van der Waals surface area (Å²) in [5.41, 5.74) is 1.29. The van der Waals surface area contributed by atoms with E-state index in [0.29, 0.717) is 43.2 Å². The van der Waals surface area contributed by atoms with Gasteiger partial charge in [-0.3, -0.25) is 9.59 Å². The lowest BCUT2D eigenvalue weighted by Gasteiger charge is -2.26. The average molecular weight is 422 g/mol. The maximum atomic E-state index is 13.0. The van der Waals surface area contributed by atoms with Gasteiger partial charge in [0, 0.05) is 12.1 Å². The molecular formula is C24H26N2O5. The first-order valence-corrected chi connectivity index (χ1v) is 10.4. The highest BCUT2D eigenvalue weighted by Crippen LogP contribution is 2.41. The lowest BCUT2D eigenvalue weighted by molar-refractivity contribution is -0.139. The number of aliphatic hydroxyl groups is 1. The summed E-state index contributed by atoms with van der Waals surface area (Å²) in [5.74, 6) is -0.379. The van der Waals surface area contributed by atoms with E-state index in [9.17, 15) is 14.7 Å². The first-order valence-electron chi connectivity index (χ1n) is 10.4. The van der Waals surface area contributed by atoms with E-state index < -0.39 is 17.7 Å². The molecule has 2 aromatic carbocycles. The molecule has 2 aliphatic heterocycles. The molecule has 2 aromatic rings. The Kier molecular flexibility index (Phi) is 5.95. The number of ether oxygens (including phenoxy) is 2. The molecule has 1 N–H and O–H groups in total. The third-order valence-corrected chi connectivity index (χ3v) is 5.48. The molecule has 162 valence electrons. The SMILES string of the molecule is CN(C)CCCN1C(=O)C(=O)/C(=C(\O)c2ccc3c(c2)OCCO3)C1c1ccccc1. The number of carbonyl (C=O) groups excluding carboxylic acids is 2. The van der Waals surface area contributed by atoms with Crippen molar-refractivity contribution in [2.24, 2.45) is 0 Å². The van der Waals surface area contributed by atoms with E-state index in [1.807, 2.05) is 49.3 Å². The van der Waals surface area contributed by atoms with Crippen molar-refractivity contribution in [1.82, 2.24) is 9.80 Å². The van der Waals surface area contributed by atoms with Gasteiger partial charge in [0.1, 0.15) is 19.0 Å². The molecule has 0 spiro atoms. The molecule has 1 unspecified atom stereocenters. The number of nitrogens with zero attached hydrogens (tertiary/aromatic N) is 2. The fourth-order valence-electron chi connectivity index (χ4n) is 4.00. The highest BCUT2D eigenvalue weighted by atomic mass is 16.6. The van der Waals surface area contributed by atoms with Crippen molar-refractivity contribution in [2.45, 2.75) is 12.5 Å². The molecule has 1 atom stereocenters. The molecule has 1 fully saturated rings. The molecule has 0 aromatic heterocycles. The highest BCUT2D eigenvalue weighted by molar-refractivity contribution is 6.46. The minimum atomic E-state index is -0.675. The molecule has 4 rings (SSSR count). The Hall–Kier alpha value is -3.32. The predicted molar refractivity (Wildman–Crippen MR) is 116 cm³/mol. The van der Waals surface area contributed by atoms with Gasteiger partial charge in [-0.25, -0.2) is 0 Å². The maximum absolute atomic E-state index is 13.0. The van der Waals surface area contributed by atoms with Crippen LogP contribution in [0.4, 0.5) is 0 Å². The summed E-state index contributed by atoms with van der Waals surface area (Å²) in [6, 6.07) is 13.7. The molecule has 1 saturated heterocycles. The number of hydrogen-bond donors (Lipinski definition) is 1. The lowest BCUT2D eigenvalue weighted by atomic mass is 9.95. The van der Waals surface area contributed by atoms with Gasteiger partial charge in [0.25, 0.3) is 11.7 Å². The van der Waals surface area contributed by atoms with Crippen LogP contribution in [-0.2, 0) is 9.59 Å². The van der Waals surface area contributed by atoms with Crippen LogP contribution >= 0.6 is 0 Å². The van der Waals surface area contributed by atoms with Gasteiger partial charge in [0.05, 0.1) is 11.6 Å². The van der Waals surface area contributed by atoms with Gasteiger partial charge in [-0.2, -0.15) is 0 Å². The Morgan fingerprint density at radius 1 is 1.06 bits per heavy atom. The van der Waals surface area contributed by atoms with Crippen LogP contribution in [0.2, 0.25) is 0 Å². The molecule has 0 bridgehead atoms. The van der Waals surface area contributed by atoms with Crippen LogP contribution in [-0.4, -0.2) is 67.0 Å². The summed E-state index contributed by atoms with van der Waals surface area (Å²) in [6.45, 7) is 2.08. The Labute approximate surface area is 181 Å². The van der Waals surface area contributed by atoms with Crippen LogP contribution in [0.15, 0.2) is 54.1 Å². The van der Waals surface area contributed by atoms with Crippen LogP contribution in [0.3, 0.4) is 0 Å². The van der Waals surface area contributed by atoms with Crippen LogP contribution in [0.1, 0.15) is 23.6 Å². The van der Waals surface area contributed by atoms with E-state index in [1.54, 1.807) is 23.1 Å². The summed E-state index contributed by atoms with van der Waals surface area (Å²) in [7, 11) is 3.93. The smallest absolute Gasteiger partial charge is 0.295 e. The molecular weight excluding hydrogens is 396 g/mol.